The highest BCUT2D eigenvalue weighted by atomic mass is 127. The van der Waals surface area contributed by atoms with Crippen molar-refractivity contribution in [2.75, 3.05) is 45.0 Å². The lowest BCUT2D eigenvalue weighted by Gasteiger charge is -2.13. The number of guanidine groups is 1. The lowest BCUT2D eigenvalue weighted by molar-refractivity contribution is 0.172. The van der Waals surface area contributed by atoms with E-state index in [4.69, 9.17) is 9.47 Å². The monoisotopic (exact) mass is 547 g/mol. The van der Waals surface area contributed by atoms with E-state index in [1.807, 2.05) is 24.3 Å². The van der Waals surface area contributed by atoms with Gasteiger partial charge in [0, 0.05) is 45.5 Å². The largest absolute Gasteiger partial charge is 0.493 e. The molecule has 30 heavy (non-hydrogen) atoms. The highest BCUT2D eigenvalue weighted by Crippen LogP contribution is 2.17. The number of ether oxygens (including phenoxy) is 2. The Morgan fingerprint density at radius 1 is 1.03 bits per heavy atom. The van der Waals surface area contributed by atoms with Crippen molar-refractivity contribution in [2.24, 2.45) is 4.99 Å². The molecule has 2 rings (SSSR count). The molecule has 166 valence electrons. The normalized spacial score (nSPS) is 11.5. The first kappa shape index (κ1) is 26.2. The minimum absolute atomic E-state index is 0. The second kappa shape index (κ2) is 14.2. The van der Waals surface area contributed by atoms with E-state index in [0.717, 1.165) is 17.9 Å². The highest BCUT2D eigenvalue weighted by Gasteiger charge is 2.13. The average molecular weight is 547 g/mol. The molecule has 0 saturated carbocycles. The zero-order valence-electron chi connectivity index (χ0n) is 17.3. The smallest absolute Gasteiger partial charge is 0.195 e. The predicted octanol–water partition coefficient (Wildman–Crippen LogP) is 3.57. The Hall–Kier alpha value is -1.85. The van der Waals surface area contributed by atoms with Crippen LogP contribution in [0.2, 0.25) is 0 Å². The quantitative estimate of drug-likeness (QED) is 0.194. The number of methoxy groups -OCH3 is 1. The summed E-state index contributed by atoms with van der Waals surface area (Å²) in [6.45, 7) is 1.73. The Balaban J connectivity index is 0.00000450. The number of sulfone groups is 1. The fourth-order valence-corrected chi connectivity index (χ4v) is 3.92. The third-order valence-electron chi connectivity index (χ3n) is 4.07. The van der Waals surface area contributed by atoms with Crippen LogP contribution in [0.3, 0.4) is 0 Å². The highest BCUT2D eigenvalue weighted by molar-refractivity contribution is 14.0. The molecular formula is C21H30IN3O4S. The van der Waals surface area contributed by atoms with Crippen LogP contribution in [0.5, 0.6) is 5.75 Å². The summed E-state index contributed by atoms with van der Waals surface area (Å²) in [5.74, 6) is 1.40. The van der Waals surface area contributed by atoms with Crippen LogP contribution in [0.4, 0.5) is 5.69 Å². The van der Waals surface area contributed by atoms with Crippen LogP contribution in [0, 0.1) is 0 Å². The topological polar surface area (TPSA) is 89.0 Å². The minimum atomic E-state index is -3.27. The third-order valence-corrected chi connectivity index (χ3v) is 5.88. The Morgan fingerprint density at radius 3 is 2.50 bits per heavy atom. The van der Waals surface area contributed by atoms with Crippen molar-refractivity contribution in [2.45, 2.75) is 17.7 Å². The van der Waals surface area contributed by atoms with Gasteiger partial charge < -0.3 is 20.1 Å². The summed E-state index contributed by atoms with van der Waals surface area (Å²) in [5, 5.41) is 6.32. The molecule has 0 fully saturated rings. The first-order valence-electron chi connectivity index (χ1n) is 9.52. The van der Waals surface area contributed by atoms with Gasteiger partial charge in [-0.1, -0.05) is 24.3 Å². The first-order valence-corrected chi connectivity index (χ1v) is 11.2. The Labute approximate surface area is 196 Å². The summed E-state index contributed by atoms with van der Waals surface area (Å²) in [7, 11) is 0.0664. The summed E-state index contributed by atoms with van der Waals surface area (Å²) in [4.78, 5) is 4.53. The molecule has 0 radical (unpaired) electrons. The molecule has 0 amide bonds. The van der Waals surface area contributed by atoms with Gasteiger partial charge in [0.1, 0.15) is 5.75 Å². The van der Waals surface area contributed by atoms with Crippen molar-refractivity contribution in [1.29, 1.82) is 0 Å². The molecule has 0 unspecified atom stereocenters. The van der Waals surface area contributed by atoms with Gasteiger partial charge >= 0.3 is 0 Å². The van der Waals surface area contributed by atoms with E-state index in [9.17, 15) is 8.42 Å². The maximum absolute atomic E-state index is 12.3. The average Bonchev–Trinajstić information content (AvgIpc) is 2.74. The molecule has 2 aromatic rings. The van der Waals surface area contributed by atoms with Crippen LogP contribution in [0.1, 0.15) is 12.8 Å². The fraction of sp³-hybridized carbons (Fsp3) is 0.381. The second-order valence-corrected chi connectivity index (χ2v) is 8.44. The standard InChI is InChI=1S/C21H29N3O4S.HI/c1-22-21(23-13-7-16-29(25,26)20-11-4-3-5-12-20)24-18-9-6-10-19(17-18)28-15-8-14-27-2;/h3-6,9-12,17H,7-8,13-16H2,1-2H3,(H2,22,23,24);1H. The van der Waals surface area contributed by atoms with Crippen molar-refractivity contribution in [1.82, 2.24) is 5.32 Å². The van der Waals surface area contributed by atoms with Crippen LogP contribution in [-0.2, 0) is 14.6 Å². The van der Waals surface area contributed by atoms with Crippen molar-refractivity contribution >= 4 is 45.5 Å². The van der Waals surface area contributed by atoms with E-state index in [-0.39, 0.29) is 29.7 Å². The maximum Gasteiger partial charge on any atom is 0.195 e. The molecule has 7 nitrogen and oxygen atoms in total. The Kier molecular flexibility index (Phi) is 12.4. The number of aliphatic imine (C=N–C) groups is 1. The van der Waals surface area contributed by atoms with Crippen LogP contribution >= 0.6 is 24.0 Å². The van der Waals surface area contributed by atoms with Crippen LogP contribution in [0.25, 0.3) is 0 Å². The lowest BCUT2D eigenvalue weighted by Crippen LogP contribution is -2.32. The summed E-state index contributed by atoms with van der Waals surface area (Å²) < 4.78 is 35.3. The van der Waals surface area contributed by atoms with Gasteiger partial charge in [0.15, 0.2) is 15.8 Å². The Bertz CT molecular complexity index is 877. The molecule has 9 heteroatoms. The van der Waals surface area contributed by atoms with Crippen molar-refractivity contribution in [3.63, 3.8) is 0 Å². The van der Waals surface area contributed by atoms with Crippen molar-refractivity contribution in [3.05, 3.63) is 54.6 Å². The molecule has 0 bridgehead atoms. The summed E-state index contributed by atoms with van der Waals surface area (Å²) in [6, 6.07) is 16.1. The van der Waals surface area contributed by atoms with Crippen molar-refractivity contribution in [3.8, 4) is 5.75 Å². The molecule has 0 aliphatic carbocycles. The molecule has 0 heterocycles. The first-order chi connectivity index (χ1) is 14.0. The van der Waals surface area contributed by atoms with Gasteiger partial charge in [-0.3, -0.25) is 4.99 Å². The van der Waals surface area contributed by atoms with Gasteiger partial charge in [0.2, 0.25) is 0 Å². The maximum atomic E-state index is 12.3. The number of benzene rings is 2. The third kappa shape index (κ3) is 9.31. The van der Waals surface area contributed by atoms with Gasteiger partial charge in [-0.15, -0.1) is 24.0 Å². The summed E-state index contributed by atoms with van der Waals surface area (Å²) in [5.41, 5.74) is 0.833. The molecule has 0 aliphatic rings. The van der Waals surface area contributed by atoms with Crippen LogP contribution in [0.15, 0.2) is 64.5 Å². The zero-order chi connectivity index (χ0) is 21.0. The van der Waals surface area contributed by atoms with E-state index in [1.54, 1.807) is 44.5 Å². The molecule has 0 atom stereocenters. The predicted molar refractivity (Wildman–Crippen MR) is 132 cm³/mol. The number of anilines is 1. The summed E-state index contributed by atoms with van der Waals surface area (Å²) >= 11 is 0. The Morgan fingerprint density at radius 2 is 1.80 bits per heavy atom. The van der Waals surface area contributed by atoms with E-state index in [2.05, 4.69) is 15.6 Å². The molecule has 0 aromatic heterocycles. The molecule has 0 spiro atoms. The zero-order valence-corrected chi connectivity index (χ0v) is 20.5. The van der Waals surface area contributed by atoms with Gasteiger partial charge in [-0.05, 0) is 30.7 Å². The number of hydrogen-bond acceptors (Lipinski definition) is 5. The van der Waals surface area contributed by atoms with E-state index >= 15 is 0 Å². The number of rotatable bonds is 11. The fourth-order valence-electron chi connectivity index (χ4n) is 2.59. The van der Waals surface area contributed by atoms with Gasteiger partial charge in [-0.2, -0.15) is 0 Å². The minimum Gasteiger partial charge on any atom is -0.493 e. The van der Waals surface area contributed by atoms with Gasteiger partial charge in [0.25, 0.3) is 0 Å². The van der Waals surface area contributed by atoms with E-state index < -0.39 is 9.84 Å². The second-order valence-electron chi connectivity index (χ2n) is 6.33. The SMILES string of the molecule is CN=C(NCCCS(=O)(=O)c1ccccc1)Nc1cccc(OCCCOC)c1.I. The van der Waals surface area contributed by atoms with E-state index in [1.165, 1.54) is 0 Å². The van der Waals surface area contributed by atoms with Gasteiger partial charge in [0.05, 0.1) is 17.3 Å². The van der Waals surface area contributed by atoms with Crippen molar-refractivity contribution < 1.29 is 17.9 Å². The van der Waals surface area contributed by atoms with E-state index in [0.29, 0.717) is 37.0 Å². The van der Waals surface area contributed by atoms with Gasteiger partial charge in [-0.25, -0.2) is 8.42 Å². The molecule has 2 aromatic carbocycles. The number of nitrogens with one attached hydrogen (secondary N) is 2. The van der Waals surface area contributed by atoms with Crippen LogP contribution in [-0.4, -0.2) is 54.0 Å². The molecule has 0 aliphatic heterocycles. The van der Waals surface area contributed by atoms with Crippen LogP contribution < -0.4 is 15.4 Å². The number of nitrogens with zero attached hydrogens (tertiary/aromatic N) is 1. The number of hydrogen-bond donors (Lipinski definition) is 2. The summed E-state index contributed by atoms with van der Waals surface area (Å²) in [6.07, 6.45) is 1.30. The molecule has 0 saturated heterocycles. The molecular weight excluding hydrogens is 517 g/mol. The number of halogens is 1. The molecule has 2 N–H and O–H groups in total. The lowest BCUT2D eigenvalue weighted by atomic mass is 10.3.